The molecule has 1 aromatic rings. The first-order valence-corrected chi connectivity index (χ1v) is 6.58. The van der Waals surface area contributed by atoms with Crippen molar-refractivity contribution in [3.05, 3.63) is 34.9 Å². The SMILES string of the molecule is O=C(c1cccc(Cl)c1)N1CC[NH+](CCO)CC1.[Cl-]. The Hall–Kier alpha value is -0.810. The number of piperazine rings is 1. The van der Waals surface area contributed by atoms with Crippen LogP contribution in [0.2, 0.25) is 5.02 Å². The van der Waals surface area contributed by atoms with Gasteiger partial charge in [0.2, 0.25) is 0 Å². The lowest BCUT2D eigenvalue weighted by atomic mass is 10.2. The molecule has 1 aromatic carbocycles. The predicted octanol–water partition coefficient (Wildman–Crippen LogP) is -3.32. The summed E-state index contributed by atoms with van der Waals surface area (Å²) >= 11 is 5.89. The first-order chi connectivity index (χ1) is 8.70. The summed E-state index contributed by atoms with van der Waals surface area (Å²) in [6.07, 6.45) is 0. The van der Waals surface area contributed by atoms with Crippen LogP contribution < -0.4 is 17.3 Å². The van der Waals surface area contributed by atoms with Crippen LogP contribution in [0.5, 0.6) is 0 Å². The van der Waals surface area contributed by atoms with E-state index in [4.69, 9.17) is 16.7 Å². The summed E-state index contributed by atoms with van der Waals surface area (Å²) in [7, 11) is 0. The second-order valence-electron chi connectivity index (χ2n) is 4.53. The highest BCUT2D eigenvalue weighted by Crippen LogP contribution is 2.12. The lowest BCUT2D eigenvalue weighted by Gasteiger charge is -2.32. The highest BCUT2D eigenvalue weighted by Gasteiger charge is 2.23. The van der Waals surface area contributed by atoms with Gasteiger partial charge in [-0.15, -0.1) is 0 Å². The molecule has 1 aliphatic heterocycles. The second-order valence-corrected chi connectivity index (χ2v) is 4.96. The van der Waals surface area contributed by atoms with Crippen LogP contribution >= 0.6 is 11.6 Å². The maximum atomic E-state index is 12.2. The van der Waals surface area contributed by atoms with Gasteiger partial charge in [0.1, 0.15) is 6.54 Å². The summed E-state index contributed by atoms with van der Waals surface area (Å²) in [5.41, 5.74) is 0.646. The third kappa shape index (κ3) is 4.35. The van der Waals surface area contributed by atoms with Crippen molar-refractivity contribution >= 4 is 17.5 Å². The number of hydrogen-bond acceptors (Lipinski definition) is 2. The molecule has 2 rings (SSSR count). The summed E-state index contributed by atoms with van der Waals surface area (Å²) in [5, 5.41) is 9.47. The molecule has 0 unspecified atom stereocenters. The number of nitrogens with one attached hydrogen (secondary N) is 1. The van der Waals surface area contributed by atoms with Gasteiger partial charge in [-0.25, -0.2) is 0 Å². The molecule has 6 heteroatoms. The molecule has 0 aromatic heterocycles. The Bertz CT molecular complexity index is 421. The van der Waals surface area contributed by atoms with Crippen LogP contribution in [-0.2, 0) is 0 Å². The molecule has 1 saturated heterocycles. The Morgan fingerprint density at radius 1 is 1.37 bits per heavy atom. The Kier molecular flexibility index (Phi) is 6.58. The molecule has 0 saturated carbocycles. The van der Waals surface area contributed by atoms with Crippen LogP contribution in [0, 0.1) is 0 Å². The Morgan fingerprint density at radius 2 is 2.05 bits per heavy atom. The number of halogens is 2. The number of amides is 1. The van der Waals surface area contributed by atoms with E-state index in [0.29, 0.717) is 10.6 Å². The number of hydrogen-bond donors (Lipinski definition) is 2. The van der Waals surface area contributed by atoms with Crippen molar-refractivity contribution in [2.24, 2.45) is 0 Å². The minimum atomic E-state index is 0. The van der Waals surface area contributed by atoms with Crippen molar-refractivity contribution in [2.45, 2.75) is 0 Å². The zero-order chi connectivity index (χ0) is 13.0. The van der Waals surface area contributed by atoms with E-state index >= 15 is 0 Å². The van der Waals surface area contributed by atoms with Gasteiger partial charge in [0.05, 0.1) is 32.8 Å². The predicted molar refractivity (Wildman–Crippen MR) is 70.0 cm³/mol. The van der Waals surface area contributed by atoms with Crippen molar-refractivity contribution in [2.75, 3.05) is 39.3 Å². The molecule has 0 radical (unpaired) electrons. The molecule has 1 fully saturated rings. The van der Waals surface area contributed by atoms with Crippen LogP contribution in [0.1, 0.15) is 10.4 Å². The van der Waals surface area contributed by atoms with E-state index in [0.717, 1.165) is 32.7 Å². The molecule has 4 nitrogen and oxygen atoms in total. The summed E-state index contributed by atoms with van der Waals surface area (Å²) in [6.45, 7) is 4.23. The van der Waals surface area contributed by atoms with Crippen molar-refractivity contribution in [3.8, 4) is 0 Å². The van der Waals surface area contributed by atoms with E-state index in [9.17, 15) is 4.79 Å². The van der Waals surface area contributed by atoms with Gasteiger partial charge in [0, 0.05) is 10.6 Å². The van der Waals surface area contributed by atoms with Gasteiger partial charge >= 0.3 is 0 Å². The van der Waals surface area contributed by atoms with Gasteiger partial charge in [-0.05, 0) is 18.2 Å². The van der Waals surface area contributed by atoms with Crippen molar-refractivity contribution in [1.82, 2.24) is 4.90 Å². The van der Waals surface area contributed by atoms with Gasteiger partial charge in [0.15, 0.2) is 0 Å². The van der Waals surface area contributed by atoms with Crippen LogP contribution in [0.4, 0.5) is 0 Å². The monoisotopic (exact) mass is 304 g/mol. The van der Waals surface area contributed by atoms with E-state index in [2.05, 4.69) is 0 Å². The lowest BCUT2D eigenvalue weighted by molar-refractivity contribution is -0.904. The van der Waals surface area contributed by atoms with Gasteiger partial charge in [-0.2, -0.15) is 0 Å². The zero-order valence-electron chi connectivity index (χ0n) is 10.6. The smallest absolute Gasteiger partial charge is 0.254 e. The van der Waals surface area contributed by atoms with Crippen LogP contribution in [0.15, 0.2) is 24.3 Å². The van der Waals surface area contributed by atoms with Crippen LogP contribution in [0.3, 0.4) is 0 Å². The molecule has 1 aliphatic rings. The zero-order valence-corrected chi connectivity index (χ0v) is 12.1. The molecular weight excluding hydrogens is 287 g/mol. The number of rotatable bonds is 3. The highest BCUT2D eigenvalue weighted by molar-refractivity contribution is 6.30. The highest BCUT2D eigenvalue weighted by atomic mass is 35.5. The molecule has 19 heavy (non-hydrogen) atoms. The molecule has 0 aliphatic carbocycles. The Morgan fingerprint density at radius 3 is 2.63 bits per heavy atom. The summed E-state index contributed by atoms with van der Waals surface area (Å²) in [4.78, 5) is 15.4. The standard InChI is InChI=1S/C13H17ClN2O2.ClH/c14-12-3-1-2-11(10-12)13(18)16-6-4-15(5-7-16)8-9-17;/h1-3,10,17H,4-9H2;1H. The third-order valence-corrected chi connectivity index (χ3v) is 3.53. The molecule has 106 valence electrons. The van der Waals surface area contributed by atoms with Crippen LogP contribution in [0.25, 0.3) is 0 Å². The average Bonchev–Trinajstić information content (AvgIpc) is 2.39. The maximum Gasteiger partial charge on any atom is 0.254 e. The van der Waals surface area contributed by atoms with Crippen molar-refractivity contribution < 1.29 is 27.2 Å². The number of carbonyl (C=O) groups is 1. The van der Waals surface area contributed by atoms with E-state index in [-0.39, 0.29) is 24.9 Å². The van der Waals surface area contributed by atoms with E-state index in [1.54, 1.807) is 24.3 Å². The number of quaternary nitrogens is 1. The van der Waals surface area contributed by atoms with E-state index < -0.39 is 0 Å². The molecule has 2 N–H and O–H groups in total. The van der Waals surface area contributed by atoms with E-state index in [1.165, 1.54) is 4.90 Å². The minimum absolute atomic E-state index is 0. The Balaban J connectivity index is 0.00000180. The fourth-order valence-electron chi connectivity index (χ4n) is 2.24. The van der Waals surface area contributed by atoms with Gasteiger partial charge in [-0.3, -0.25) is 4.79 Å². The molecule has 0 bridgehead atoms. The Labute approximate surface area is 124 Å². The van der Waals surface area contributed by atoms with Gasteiger partial charge in [-0.1, -0.05) is 17.7 Å². The number of nitrogens with zero attached hydrogens (tertiary/aromatic N) is 1. The minimum Gasteiger partial charge on any atom is -1.00 e. The molecular formula is C13H18Cl2N2O2. The average molecular weight is 305 g/mol. The topological polar surface area (TPSA) is 45.0 Å². The van der Waals surface area contributed by atoms with Gasteiger partial charge < -0.3 is 27.3 Å². The van der Waals surface area contributed by atoms with E-state index in [1.807, 2.05) is 4.90 Å². The summed E-state index contributed by atoms with van der Waals surface area (Å²) in [5.74, 6) is 0.0422. The van der Waals surface area contributed by atoms with Gasteiger partial charge in [0.25, 0.3) is 5.91 Å². The molecule has 1 amide bonds. The number of carbonyl (C=O) groups excluding carboxylic acids is 1. The first-order valence-electron chi connectivity index (χ1n) is 6.20. The van der Waals surface area contributed by atoms with Crippen LogP contribution in [-0.4, -0.2) is 55.2 Å². The summed E-state index contributed by atoms with van der Waals surface area (Å²) in [6, 6.07) is 7.06. The maximum absolute atomic E-state index is 12.2. The first kappa shape index (κ1) is 16.2. The normalized spacial score (nSPS) is 16.0. The number of aliphatic hydroxyl groups is 1. The number of aliphatic hydroxyl groups excluding tert-OH is 1. The summed E-state index contributed by atoms with van der Waals surface area (Å²) < 4.78 is 0. The third-order valence-electron chi connectivity index (χ3n) is 3.29. The van der Waals surface area contributed by atoms with Crippen molar-refractivity contribution in [1.29, 1.82) is 0 Å². The number of benzene rings is 1. The molecule has 1 heterocycles. The quantitative estimate of drug-likeness (QED) is 0.614. The molecule has 0 atom stereocenters. The van der Waals surface area contributed by atoms with Crippen molar-refractivity contribution in [3.63, 3.8) is 0 Å². The fraction of sp³-hybridized carbons (Fsp3) is 0.462. The fourth-order valence-corrected chi connectivity index (χ4v) is 2.43. The molecule has 0 spiro atoms. The lowest BCUT2D eigenvalue weighted by Crippen LogP contribution is -3.15. The second kappa shape index (κ2) is 7.70. The largest absolute Gasteiger partial charge is 1.00 e.